The van der Waals surface area contributed by atoms with E-state index in [9.17, 15) is 5.11 Å². The molecular weight excluding hydrogens is 228 g/mol. The fourth-order valence-electron chi connectivity index (χ4n) is 2.31. The van der Waals surface area contributed by atoms with Crippen molar-refractivity contribution < 1.29 is 5.11 Å². The molecule has 0 aliphatic rings. The number of benzene rings is 2. The number of aromatic hydroxyl groups is 1. The van der Waals surface area contributed by atoms with Gasteiger partial charge in [0.1, 0.15) is 17.3 Å². The molecular formula is C15H19OS+. The number of rotatable bonds is 3. The molecule has 0 heterocycles. The topological polar surface area (TPSA) is 20.2 Å². The normalized spacial score (nSPS) is 11.3. The van der Waals surface area contributed by atoms with E-state index in [1.807, 2.05) is 6.07 Å². The molecule has 0 amide bonds. The zero-order valence-corrected chi connectivity index (χ0v) is 11.5. The maximum absolute atomic E-state index is 10.0. The van der Waals surface area contributed by atoms with Crippen LogP contribution in [0.4, 0.5) is 0 Å². The van der Waals surface area contributed by atoms with Gasteiger partial charge in [0.05, 0.1) is 0 Å². The van der Waals surface area contributed by atoms with Gasteiger partial charge in [-0.1, -0.05) is 12.1 Å². The van der Waals surface area contributed by atoms with Crippen molar-refractivity contribution in [1.82, 2.24) is 0 Å². The molecule has 2 heteroatoms. The first kappa shape index (κ1) is 12.3. The fourth-order valence-corrected chi connectivity index (χ4v) is 4.08. The summed E-state index contributed by atoms with van der Waals surface area (Å²) in [6.45, 7) is 6.53. The molecule has 2 aromatic rings. The van der Waals surface area contributed by atoms with Crippen LogP contribution < -0.4 is 0 Å². The van der Waals surface area contributed by atoms with Gasteiger partial charge in [0, 0.05) is 21.7 Å². The maximum Gasteiger partial charge on any atom is 0.162 e. The summed E-state index contributed by atoms with van der Waals surface area (Å²) in [5.41, 5.74) is 1.15. The molecule has 0 unspecified atom stereocenters. The van der Waals surface area contributed by atoms with Crippen LogP contribution in [-0.2, 0) is 10.9 Å². The Balaban J connectivity index is 2.74. The van der Waals surface area contributed by atoms with Gasteiger partial charge >= 0.3 is 0 Å². The molecule has 0 saturated heterocycles. The van der Waals surface area contributed by atoms with E-state index in [0.29, 0.717) is 16.6 Å². The average Bonchev–Trinajstić information content (AvgIpc) is 2.33. The van der Waals surface area contributed by atoms with E-state index < -0.39 is 0 Å². The molecule has 2 aromatic carbocycles. The summed E-state index contributed by atoms with van der Waals surface area (Å²) in [4.78, 5) is 1.39. The van der Waals surface area contributed by atoms with Crippen molar-refractivity contribution in [1.29, 1.82) is 0 Å². The molecule has 0 aliphatic heterocycles. The van der Waals surface area contributed by atoms with Crippen molar-refractivity contribution in [3.05, 3.63) is 35.9 Å². The Kier molecular flexibility index (Phi) is 3.63. The van der Waals surface area contributed by atoms with Gasteiger partial charge in [-0.15, -0.1) is 0 Å². The predicted octanol–water partition coefficient (Wildman–Crippen LogP) is 3.87. The number of aryl methyl sites for hydroxylation is 1. The fraction of sp³-hybridized carbons (Fsp3) is 0.333. The Morgan fingerprint density at radius 2 is 1.76 bits per heavy atom. The molecule has 0 aliphatic carbocycles. The lowest BCUT2D eigenvalue weighted by molar-refractivity contribution is 0.481. The van der Waals surface area contributed by atoms with Crippen LogP contribution in [0.2, 0.25) is 0 Å². The van der Waals surface area contributed by atoms with Crippen LogP contribution in [0.3, 0.4) is 0 Å². The minimum atomic E-state index is 0.296. The maximum atomic E-state index is 10.0. The zero-order valence-electron chi connectivity index (χ0n) is 10.7. The number of hydrogen-bond donors (Lipinski definition) is 1. The van der Waals surface area contributed by atoms with Crippen molar-refractivity contribution in [2.75, 3.05) is 11.5 Å². The first-order chi connectivity index (χ1) is 8.19. The molecule has 0 atom stereocenters. The average molecular weight is 247 g/mol. The Morgan fingerprint density at radius 3 is 2.41 bits per heavy atom. The van der Waals surface area contributed by atoms with Crippen molar-refractivity contribution in [3.63, 3.8) is 0 Å². The molecule has 0 bridgehead atoms. The molecule has 0 saturated carbocycles. The van der Waals surface area contributed by atoms with Crippen LogP contribution in [0, 0.1) is 6.92 Å². The van der Waals surface area contributed by atoms with E-state index in [1.165, 1.54) is 21.8 Å². The summed E-state index contributed by atoms with van der Waals surface area (Å²) in [6, 6.07) is 10.2. The third-order valence-electron chi connectivity index (χ3n) is 3.19. The monoisotopic (exact) mass is 247 g/mol. The molecule has 0 aromatic heterocycles. The summed E-state index contributed by atoms with van der Waals surface area (Å²) in [7, 11) is 0.296. The number of phenols is 1. The van der Waals surface area contributed by atoms with Gasteiger partial charge in [-0.25, -0.2) is 0 Å². The number of fused-ring (bicyclic) bond motifs is 1. The first-order valence-electron chi connectivity index (χ1n) is 6.07. The highest BCUT2D eigenvalue weighted by atomic mass is 32.2. The Labute approximate surface area is 106 Å². The minimum Gasteiger partial charge on any atom is -0.507 e. The van der Waals surface area contributed by atoms with Crippen LogP contribution >= 0.6 is 0 Å². The SMILES string of the molecule is CC[S+](CC)c1ccc(O)c2c(C)cccc12. The van der Waals surface area contributed by atoms with E-state index in [-0.39, 0.29) is 0 Å². The standard InChI is InChI=1S/C15H18OS/c1-4-17(5-2)14-10-9-13(16)15-11(3)7-6-8-12(14)15/h6-10H,4-5H2,1-3H3/p+1. The lowest BCUT2D eigenvalue weighted by Gasteiger charge is -2.10. The third kappa shape index (κ3) is 2.14. The lowest BCUT2D eigenvalue weighted by Crippen LogP contribution is -2.08. The van der Waals surface area contributed by atoms with Crippen LogP contribution in [0.5, 0.6) is 5.75 Å². The van der Waals surface area contributed by atoms with Crippen molar-refractivity contribution in [2.24, 2.45) is 0 Å². The molecule has 2 rings (SSSR count). The van der Waals surface area contributed by atoms with Gasteiger partial charge in [-0.05, 0) is 44.5 Å². The molecule has 0 spiro atoms. The summed E-state index contributed by atoms with van der Waals surface area (Å²) >= 11 is 0. The summed E-state index contributed by atoms with van der Waals surface area (Å²) in [5.74, 6) is 2.74. The van der Waals surface area contributed by atoms with Gasteiger partial charge in [0.2, 0.25) is 0 Å². The predicted molar refractivity (Wildman–Crippen MR) is 77.1 cm³/mol. The third-order valence-corrected chi connectivity index (χ3v) is 5.57. The molecule has 0 radical (unpaired) electrons. The van der Waals surface area contributed by atoms with Crippen LogP contribution in [0.25, 0.3) is 10.8 Å². The molecule has 0 fully saturated rings. The summed E-state index contributed by atoms with van der Waals surface area (Å²) < 4.78 is 0. The smallest absolute Gasteiger partial charge is 0.162 e. The van der Waals surface area contributed by atoms with E-state index in [1.54, 1.807) is 0 Å². The van der Waals surface area contributed by atoms with E-state index in [2.05, 4.69) is 45.0 Å². The summed E-state index contributed by atoms with van der Waals surface area (Å²) in [6.07, 6.45) is 0. The quantitative estimate of drug-likeness (QED) is 0.816. The first-order valence-corrected chi connectivity index (χ1v) is 7.64. The van der Waals surface area contributed by atoms with Crippen molar-refractivity contribution in [3.8, 4) is 5.75 Å². The van der Waals surface area contributed by atoms with Crippen LogP contribution in [-0.4, -0.2) is 16.6 Å². The van der Waals surface area contributed by atoms with Crippen molar-refractivity contribution in [2.45, 2.75) is 25.7 Å². The van der Waals surface area contributed by atoms with Gasteiger partial charge < -0.3 is 5.11 Å². The highest BCUT2D eigenvalue weighted by molar-refractivity contribution is 7.97. The van der Waals surface area contributed by atoms with Gasteiger partial charge in [0.25, 0.3) is 0 Å². The highest BCUT2D eigenvalue weighted by Gasteiger charge is 2.21. The molecule has 1 N–H and O–H groups in total. The van der Waals surface area contributed by atoms with E-state index >= 15 is 0 Å². The lowest BCUT2D eigenvalue weighted by atomic mass is 10.0. The number of phenolic OH excluding ortho intramolecular Hbond substituents is 1. The zero-order chi connectivity index (χ0) is 12.4. The van der Waals surface area contributed by atoms with E-state index in [4.69, 9.17) is 0 Å². The van der Waals surface area contributed by atoms with Gasteiger partial charge in [-0.2, -0.15) is 0 Å². The Hall–Kier alpha value is -1.15. The highest BCUT2D eigenvalue weighted by Crippen LogP contribution is 2.33. The molecule has 1 nitrogen and oxygen atoms in total. The second-order valence-electron chi connectivity index (χ2n) is 4.15. The molecule has 17 heavy (non-hydrogen) atoms. The summed E-state index contributed by atoms with van der Waals surface area (Å²) in [5, 5.41) is 12.2. The second-order valence-corrected chi connectivity index (χ2v) is 6.73. The van der Waals surface area contributed by atoms with Crippen LogP contribution in [0.1, 0.15) is 19.4 Å². The van der Waals surface area contributed by atoms with Gasteiger partial charge in [-0.3, -0.25) is 0 Å². The number of hydrogen-bond acceptors (Lipinski definition) is 1. The van der Waals surface area contributed by atoms with Gasteiger partial charge in [0.15, 0.2) is 4.90 Å². The Bertz CT molecular complexity index is 521. The Morgan fingerprint density at radius 1 is 1.06 bits per heavy atom. The minimum absolute atomic E-state index is 0.296. The largest absolute Gasteiger partial charge is 0.507 e. The second kappa shape index (κ2) is 5.01. The molecule has 90 valence electrons. The van der Waals surface area contributed by atoms with Crippen molar-refractivity contribution >= 4 is 21.7 Å². The van der Waals surface area contributed by atoms with Crippen LogP contribution in [0.15, 0.2) is 35.2 Å². The van der Waals surface area contributed by atoms with E-state index in [0.717, 1.165) is 10.9 Å².